The number of halogens is 2. The largest absolute Gasteiger partial charge is 0.494 e. The molecule has 14 nitrogen and oxygen atoms in total. The summed E-state index contributed by atoms with van der Waals surface area (Å²) in [5.74, 6) is -2.49. The van der Waals surface area contributed by atoms with Gasteiger partial charge in [0.2, 0.25) is 27.7 Å². The smallest absolute Gasteiger partial charge is 0.335 e. The first kappa shape index (κ1) is 36.9. The lowest BCUT2D eigenvalue weighted by molar-refractivity contribution is -0.140. The molecule has 2 aromatic carbocycles. The Bertz CT molecular complexity index is 2000. The molecule has 0 radical (unpaired) electrons. The number of aromatic carboxylic acids is 1. The van der Waals surface area contributed by atoms with Crippen LogP contribution >= 0.6 is 34.2 Å². The Labute approximate surface area is 313 Å². The third-order valence-corrected chi connectivity index (χ3v) is 12.9. The van der Waals surface area contributed by atoms with E-state index in [1.54, 1.807) is 30.3 Å². The molecule has 1 saturated heterocycles. The van der Waals surface area contributed by atoms with Crippen molar-refractivity contribution >= 4 is 84.4 Å². The van der Waals surface area contributed by atoms with Crippen molar-refractivity contribution in [2.75, 3.05) is 19.0 Å². The summed E-state index contributed by atoms with van der Waals surface area (Å²) >= 11 is 8.32. The molecule has 2 saturated carbocycles. The molecular weight excluding hydrogens is 817 g/mol. The van der Waals surface area contributed by atoms with Crippen LogP contribution in [0.4, 0.5) is 5.69 Å². The monoisotopic (exact) mass is 853 g/mol. The summed E-state index contributed by atoms with van der Waals surface area (Å²) in [4.78, 5) is 59.1. The first-order valence-corrected chi connectivity index (χ1v) is 19.5. The minimum absolute atomic E-state index is 0.0154. The molecule has 51 heavy (non-hydrogen) atoms. The highest BCUT2D eigenvalue weighted by atomic mass is 127. The van der Waals surface area contributed by atoms with Gasteiger partial charge in [0.25, 0.3) is 5.91 Å². The number of nitrogens with one attached hydrogen (secondary N) is 3. The third kappa shape index (κ3) is 7.67. The number of fused-ring (bicyclic) bond motifs is 1. The van der Waals surface area contributed by atoms with Gasteiger partial charge in [0, 0.05) is 31.8 Å². The van der Waals surface area contributed by atoms with Crippen LogP contribution in [0.5, 0.6) is 11.6 Å². The lowest BCUT2D eigenvalue weighted by Crippen LogP contribution is -2.58. The SMILES string of the molecule is COc1cnc(O[C@@H]2C[C@@H](C(=O)N[C@]3(C(=O)NS(=O)(=O)C4CC4)C[C@H]3I)N(C(=O)[C@@H](Nc3ccc(C(=O)O)cc3)C(C)C)C2)c2cc(Cl)ccc12. The number of pyridine rings is 1. The number of likely N-dealkylation sites (tertiary alicyclic amines) is 1. The van der Waals surface area contributed by atoms with Gasteiger partial charge in [0.05, 0.1) is 30.7 Å². The predicted octanol–water partition coefficient (Wildman–Crippen LogP) is 3.75. The zero-order valence-corrected chi connectivity index (χ0v) is 31.6. The maximum Gasteiger partial charge on any atom is 0.335 e. The summed E-state index contributed by atoms with van der Waals surface area (Å²) in [6, 6.07) is 9.19. The van der Waals surface area contributed by atoms with Crippen LogP contribution in [-0.4, -0.2) is 93.7 Å². The number of alkyl halides is 1. The van der Waals surface area contributed by atoms with Crippen LogP contribution in [0.3, 0.4) is 0 Å². The Morgan fingerprint density at radius 2 is 1.78 bits per heavy atom. The van der Waals surface area contributed by atoms with Crippen molar-refractivity contribution in [2.24, 2.45) is 5.92 Å². The number of hydrogen-bond acceptors (Lipinski definition) is 10. The van der Waals surface area contributed by atoms with Gasteiger partial charge in [-0.3, -0.25) is 19.1 Å². The van der Waals surface area contributed by atoms with E-state index >= 15 is 0 Å². The van der Waals surface area contributed by atoms with E-state index in [-0.39, 0.29) is 40.7 Å². The van der Waals surface area contributed by atoms with Gasteiger partial charge >= 0.3 is 5.97 Å². The summed E-state index contributed by atoms with van der Waals surface area (Å²) in [6.07, 6.45) is 1.98. The summed E-state index contributed by atoms with van der Waals surface area (Å²) in [6.45, 7) is 3.66. The van der Waals surface area contributed by atoms with Gasteiger partial charge in [-0.05, 0) is 67.6 Å². The first-order valence-electron chi connectivity index (χ1n) is 16.3. The summed E-state index contributed by atoms with van der Waals surface area (Å²) in [5.41, 5.74) is -0.870. The van der Waals surface area contributed by atoms with Crippen LogP contribution < -0.4 is 24.8 Å². The molecule has 272 valence electrons. The number of carboxylic acids is 1. The molecule has 17 heteroatoms. The number of ether oxygens (including phenoxy) is 2. The van der Waals surface area contributed by atoms with E-state index in [4.69, 9.17) is 21.1 Å². The lowest BCUT2D eigenvalue weighted by atomic mass is 10.0. The maximum absolute atomic E-state index is 14.4. The van der Waals surface area contributed by atoms with Gasteiger partial charge in [-0.1, -0.05) is 48.0 Å². The summed E-state index contributed by atoms with van der Waals surface area (Å²) < 4.78 is 38.8. The number of methoxy groups -OCH3 is 1. The minimum atomic E-state index is -3.86. The number of anilines is 1. The van der Waals surface area contributed by atoms with Gasteiger partial charge < -0.3 is 30.1 Å². The second-order valence-electron chi connectivity index (χ2n) is 13.4. The molecule has 0 spiro atoms. The van der Waals surface area contributed by atoms with Gasteiger partial charge in [-0.25, -0.2) is 18.2 Å². The van der Waals surface area contributed by atoms with Gasteiger partial charge in [0.15, 0.2) is 0 Å². The molecule has 4 N–H and O–H groups in total. The average molecular weight is 854 g/mol. The van der Waals surface area contributed by atoms with Crippen LogP contribution in [0.1, 0.15) is 49.9 Å². The van der Waals surface area contributed by atoms with Gasteiger partial charge in [-0.2, -0.15) is 0 Å². The summed E-state index contributed by atoms with van der Waals surface area (Å²) in [7, 11) is -2.35. The molecule has 5 atom stereocenters. The highest BCUT2D eigenvalue weighted by Crippen LogP contribution is 2.44. The Morgan fingerprint density at radius 1 is 1.10 bits per heavy atom. The Balaban J connectivity index is 1.28. The fourth-order valence-electron chi connectivity index (χ4n) is 6.16. The van der Waals surface area contributed by atoms with Gasteiger partial charge in [0.1, 0.15) is 29.5 Å². The van der Waals surface area contributed by atoms with Crippen molar-refractivity contribution in [1.82, 2.24) is 19.9 Å². The molecule has 0 unspecified atom stereocenters. The highest BCUT2D eigenvalue weighted by molar-refractivity contribution is 14.1. The molecule has 0 bridgehead atoms. The first-order chi connectivity index (χ1) is 24.1. The van der Waals surface area contributed by atoms with Gasteiger partial charge in [-0.15, -0.1) is 0 Å². The van der Waals surface area contributed by atoms with E-state index in [9.17, 15) is 32.7 Å². The lowest BCUT2D eigenvalue weighted by Gasteiger charge is -2.31. The molecule has 1 aliphatic heterocycles. The fraction of sp³-hybridized carbons (Fsp3) is 0.441. The zero-order chi connectivity index (χ0) is 36.8. The molecule has 3 fully saturated rings. The van der Waals surface area contributed by atoms with Crippen LogP contribution in [0, 0.1) is 5.92 Å². The Kier molecular flexibility index (Phi) is 10.3. The summed E-state index contributed by atoms with van der Waals surface area (Å²) in [5, 5.41) is 16.4. The molecule has 3 amide bonds. The van der Waals surface area contributed by atoms with Crippen molar-refractivity contribution < 1.29 is 42.2 Å². The van der Waals surface area contributed by atoms with Crippen molar-refractivity contribution in [3.8, 4) is 11.6 Å². The fourth-order valence-corrected chi connectivity index (χ4v) is 8.83. The van der Waals surface area contributed by atoms with Crippen LogP contribution in [0.25, 0.3) is 10.8 Å². The predicted molar refractivity (Wildman–Crippen MR) is 197 cm³/mol. The molecule has 2 aliphatic carbocycles. The molecule has 3 aromatic rings. The van der Waals surface area contributed by atoms with E-state index in [1.165, 1.54) is 30.3 Å². The standard InChI is InChI=1S/C34H37ClIN5O9S/c1-17(2)28(38-20-7-4-18(5-8-20)32(44)45)31(43)41-16-21(50-30-24-12-19(35)6-11-23(24)26(49-3)15-37-30)13-25(41)29(42)39-34(14-27(34)36)33(46)40-51(47,48)22-9-10-22/h4-8,11-12,15,17,21-22,25,27-28,38H,9-10,13-14,16H2,1-3H3,(H,39,42)(H,40,46)(H,44,45)/t21-,25+,27-,28+,34-/m1/s1. The number of amides is 3. The topological polar surface area (TPSA) is 193 Å². The van der Waals surface area contributed by atoms with Crippen molar-refractivity contribution in [3.05, 3.63) is 59.2 Å². The molecular formula is C34H37ClIN5O9S. The molecule has 1 aromatic heterocycles. The van der Waals surface area contributed by atoms with E-state index in [0.717, 1.165) is 0 Å². The van der Waals surface area contributed by atoms with Crippen LogP contribution in [0.15, 0.2) is 48.7 Å². The van der Waals surface area contributed by atoms with E-state index in [2.05, 4.69) is 20.3 Å². The number of nitrogens with zero attached hydrogens (tertiary/aromatic N) is 2. The Morgan fingerprint density at radius 3 is 2.37 bits per heavy atom. The normalized spacial score (nSPS) is 23.4. The van der Waals surface area contributed by atoms with Crippen molar-refractivity contribution in [1.29, 1.82) is 0 Å². The number of hydrogen-bond donors (Lipinski definition) is 4. The zero-order valence-electron chi connectivity index (χ0n) is 27.9. The Hall–Kier alpha value is -3.90. The number of carbonyl (C=O) groups is 4. The third-order valence-electron chi connectivity index (χ3n) is 9.34. The van der Waals surface area contributed by atoms with Crippen molar-refractivity contribution in [2.45, 2.75) is 72.4 Å². The number of benzene rings is 2. The number of sulfonamides is 1. The number of carbonyl (C=O) groups excluding carboxylic acids is 3. The van der Waals surface area contributed by atoms with Crippen molar-refractivity contribution in [3.63, 3.8) is 0 Å². The number of rotatable bonds is 13. The van der Waals surface area contributed by atoms with E-state index in [1.807, 2.05) is 36.4 Å². The molecule has 6 rings (SSSR count). The molecule has 2 heterocycles. The second-order valence-corrected chi connectivity index (χ2v) is 17.3. The second kappa shape index (κ2) is 14.3. The quantitative estimate of drug-likeness (QED) is 0.145. The highest BCUT2D eigenvalue weighted by Gasteiger charge is 2.62. The minimum Gasteiger partial charge on any atom is -0.494 e. The van der Waals surface area contributed by atoms with E-state index in [0.29, 0.717) is 40.1 Å². The maximum atomic E-state index is 14.4. The number of carboxylic acid groups (broad SMARTS) is 1. The molecule has 3 aliphatic rings. The van der Waals surface area contributed by atoms with E-state index < -0.39 is 62.7 Å². The van der Waals surface area contributed by atoms with Crippen LogP contribution in [0.2, 0.25) is 5.02 Å². The van der Waals surface area contributed by atoms with Crippen LogP contribution in [-0.2, 0) is 24.4 Å². The average Bonchev–Trinajstić information content (AvgIpc) is 4.00. The number of aromatic nitrogens is 1.